The van der Waals surface area contributed by atoms with Crippen molar-refractivity contribution in [1.82, 2.24) is 19.7 Å². The number of halogens is 2. The third-order valence-electron chi connectivity index (χ3n) is 6.25. The summed E-state index contributed by atoms with van der Waals surface area (Å²) in [6.07, 6.45) is 3.38. The summed E-state index contributed by atoms with van der Waals surface area (Å²) in [6.45, 7) is 6.04. The number of hydrogen-bond donors (Lipinski definition) is 1. The fourth-order valence-electron chi connectivity index (χ4n) is 4.33. The fraction of sp³-hybridized carbons (Fsp3) is 0.308. The van der Waals surface area contributed by atoms with Crippen LogP contribution in [0.25, 0.3) is 10.9 Å². The molecule has 2 N–H and O–H groups in total. The number of hydrogen-bond acceptors (Lipinski definition) is 7. The lowest BCUT2D eigenvalue weighted by molar-refractivity contribution is -0.125. The van der Waals surface area contributed by atoms with Crippen LogP contribution in [0.5, 0.6) is 11.5 Å². The number of ether oxygens (including phenoxy) is 2. The van der Waals surface area contributed by atoms with Crippen molar-refractivity contribution in [3.63, 3.8) is 0 Å². The maximum absolute atomic E-state index is 14.9. The zero-order chi connectivity index (χ0) is 26.9. The van der Waals surface area contributed by atoms with Crippen molar-refractivity contribution in [2.24, 2.45) is 0 Å². The number of pyridine rings is 1. The predicted molar refractivity (Wildman–Crippen MR) is 132 cm³/mol. The van der Waals surface area contributed by atoms with Crippen LogP contribution in [0.15, 0.2) is 24.9 Å². The maximum Gasteiger partial charge on any atom is 0.246 e. The molecule has 0 radical (unpaired) electrons. The fourth-order valence-corrected chi connectivity index (χ4v) is 4.33. The molecule has 4 rings (SSSR count). The number of nitrogen functional groups attached to an aromatic ring is 1. The molecule has 192 valence electrons. The van der Waals surface area contributed by atoms with Gasteiger partial charge >= 0.3 is 0 Å². The summed E-state index contributed by atoms with van der Waals surface area (Å²) >= 11 is 0. The Morgan fingerprint density at radius 1 is 1.24 bits per heavy atom. The lowest BCUT2D eigenvalue weighted by atomic mass is 10.1. The van der Waals surface area contributed by atoms with E-state index in [2.05, 4.69) is 28.5 Å². The molecular formula is C26H25F2N5O4. The Kier molecular flexibility index (Phi) is 7.11. The van der Waals surface area contributed by atoms with Crippen LogP contribution in [0.1, 0.15) is 47.4 Å². The SMILES string of the molecule is C=CC(=O)N1CC[C@H](n2nc(C#Cc3c(F)c(OC)cc(OC)c3F)c3c(N)ncc(C(=O)CC)c32)C1. The van der Waals surface area contributed by atoms with E-state index in [4.69, 9.17) is 15.2 Å². The normalized spacial score (nSPS) is 14.8. The van der Waals surface area contributed by atoms with Crippen molar-refractivity contribution < 1.29 is 27.8 Å². The molecule has 2 aromatic heterocycles. The van der Waals surface area contributed by atoms with Gasteiger partial charge in [-0.2, -0.15) is 5.10 Å². The number of carbonyl (C=O) groups excluding carboxylic acids is 2. The minimum Gasteiger partial charge on any atom is -0.493 e. The molecule has 1 fully saturated rings. The summed E-state index contributed by atoms with van der Waals surface area (Å²) in [5.74, 6) is 2.35. The number of nitrogens with two attached hydrogens (primary N) is 1. The zero-order valence-corrected chi connectivity index (χ0v) is 20.6. The van der Waals surface area contributed by atoms with Gasteiger partial charge in [-0.05, 0) is 18.4 Å². The van der Waals surface area contributed by atoms with Crippen LogP contribution in [-0.4, -0.2) is 58.7 Å². The molecule has 0 unspecified atom stereocenters. The van der Waals surface area contributed by atoms with E-state index in [1.54, 1.807) is 16.5 Å². The van der Waals surface area contributed by atoms with Crippen LogP contribution in [0.3, 0.4) is 0 Å². The largest absolute Gasteiger partial charge is 0.493 e. The highest BCUT2D eigenvalue weighted by Crippen LogP contribution is 2.34. The van der Waals surface area contributed by atoms with E-state index in [1.807, 2.05) is 0 Å². The highest BCUT2D eigenvalue weighted by Gasteiger charge is 2.31. The highest BCUT2D eigenvalue weighted by molar-refractivity contribution is 6.09. The molecule has 1 atom stereocenters. The molecule has 3 aromatic rings. The van der Waals surface area contributed by atoms with Crippen molar-refractivity contribution in [3.05, 3.63) is 53.4 Å². The number of fused-ring (bicyclic) bond motifs is 1. The molecular weight excluding hydrogens is 484 g/mol. The second-order valence-corrected chi connectivity index (χ2v) is 8.32. The Morgan fingerprint density at radius 2 is 1.92 bits per heavy atom. The first-order valence-electron chi connectivity index (χ1n) is 11.5. The standard InChI is InChI=1S/C26H25F2N5O4/c1-5-18(34)16-12-30-26(29)22-17(8-7-15-23(27)19(36-3)11-20(37-4)24(15)28)31-33(25(16)22)14-9-10-32(13-14)21(35)6-2/h6,11-12,14H,2,5,9-10,13H2,1,3-4H3,(H2,29,30)/t14-/m0/s1. The minimum atomic E-state index is -1.00. The van der Waals surface area contributed by atoms with Gasteiger partial charge < -0.3 is 20.1 Å². The van der Waals surface area contributed by atoms with Crippen LogP contribution < -0.4 is 15.2 Å². The topological polar surface area (TPSA) is 113 Å². The smallest absolute Gasteiger partial charge is 0.246 e. The molecule has 3 heterocycles. The van der Waals surface area contributed by atoms with Gasteiger partial charge in [0.2, 0.25) is 5.91 Å². The summed E-state index contributed by atoms with van der Waals surface area (Å²) in [5.41, 5.74) is 6.40. The third-order valence-corrected chi connectivity index (χ3v) is 6.25. The third kappa shape index (κ3) is 4.46. The second-order valence-electron chi connectivity index (χ2n) is 8.32. The zero-order valence-electron chi connectivity index (χ0n) is 20.6. The van der Waals surface area contributed by atoms with Crippen LogP contribution in [0.2, 0.25) is 0 Å². The monoisotopic (exact) mass is 509 g/mol. The molecule has 1 aliphatic rings. The first-order chi connectivity index (χ1) is 17.7. The van der Waals surface area contributed by atoms with Crippen LogP contribution in [0, 0.1) is 23.5 Å². The Balaban J connectivity index is 1.93. The van der Waals surface area contributed by atoms with E-state index in [-0.39, 0.29) is 52.6 Å². The van der Waals surface area contributed by atoms with Crippen molar-refractivity contribution >= 4 is 28.4 Å². The summed E-state index contributed by atoms with van der Waals surface area (Å²) in [7, 11) is 2.48. The quantitative estimate of drug-likeness (QED) is 0.308. The van der Waals surface area contributed by atoms with Crippen LogP contribution in [-0.2, 0) is 4.79 Å². The number of aromatic nitrogens is 3. The molecule has 1 saturated heterocycles. The van der Waals surface area contributed by atoms with E-state index in [1.165, 1.54) is 26.5 Å². The van der Waals surface area contributed by atoms with Gasteiger partial charge in [-0.25, -0.2) is 13.8 Å². The van der Waals surface area contributed by atoms with Gasteiger partial charge in [-0.15, -0.1) is 0 Å². The Labute approximate surface area is 211 Å². The summed E-state index contributed by atoms with van der Waals surface area (Å²) in [6, 6.07) is 0.790. The number of ketones is 1. The van der Waals surface area contributed by atoms with Crippen molar-refractivity contribution in [2.45, 2.75) is 25.8 Å². The molecule has 37 heavy (non-hydrogen) atoms. The summed E-state index contributed by atoms with van der Waals surface area (Å²) in [4.78, 5) is 30.7. The van der Waals surface area contributed by atoms with Crippen LogP contribution in [0.4, 0.5) is 14.6 Å². The molecule has 1 aromatic carbocycles. The molecule has 9 nitrogen and oxygen atoms in total. The van der Waals surface area contributed by atoms with Crippen molar-refractivity contribution in [2.75, 3.05) is 33.0 Å². The Morgan fingerprint density at radius 3 is 2.51 bits per heavy atom. The van der Waals surface area contributed by atoms with E-state index in [9.17, 15) is 18.4 Å². The predicted octanol–water partition coefficient (Wildman–Crippen LogP) is 3.26. The number of methoxy groups -OCH3 is 2. The molecule has 0 spiro atoms. The van der Waals surface area contributed by atoms with Gasteiger partial charge in [-0.1, -0.05) is 19.4 Å². The average molecular weight is 510 g/mol. The van der Waals surface area contributed by atoms with Gasteiger partial charge in [0, 0.05) is 31.8 Å². The number of rotatable bonds is 6. The van der Waals surface area contributed by atoms with Gasteiger partial charge in [-0.3, -0.25) is 14.3 Å². The number of likely N-dealkylation sites (tertiary alicyclic amines) is 1. The Bertz CT molecular complexity index is 1460. The molecule has 0 bridgehead atoms. The van der Waals surface area contributed by atoms with E-state index < -0.39 is 17.2 Å². The number of amides is 1. The molecule has 1 aliphatic heterocycles. The lowest BCUT2D eigenvalue weighted by Gasteiger charge is -2.16. The number of Topliss-reactive ketones (excluding diaryl/α,β-unsaturated/α-hetero) is 1. The molecule has 1 amide bonds. The van der Waals surface area contributed by atoms with Crippen molar-refractivity contribution in [1.29, 1.82) is 0 Å². The van der Waals surface area contributed by atoms with Gasteiger partial charge in [0.1, 0.15) is 17.1 Å². The van der Waals surface area contributed by atoms with Gasteiger partial charge in [0.15, 0.2) is 28.9 Å². The maximum atomic E-state index is 14.9. The Hall–Kier alpha value is -4.46. The van der Waals surface area contributed by atoms with E-state index in [0.717, 1.165) is 6.07 Å². The molecule has 0 aliphatic carbocycles. The second kappa shape index (κ2) is 10.3. The number of nitrogens with zero attached hydrogens (tertiary/aromatic N) is 4. The van der Waals surface area contributed by atoms with E-state index in [0.29, 0.717) is 30.6 Å². The van der Waals surface area contributed by atoms with Crippen LogP contribution >= 0.6 is 0 Å². The first kappa shape index (κ1) is 25.6. The average Bonchev–Trinajstić information content (AvgIpc) is 3.54. The number of carbonyl (C=O) groups is 2. The lowest BCUT2D eigenvalue weighted by Crippen LogP contribution is -2.27. The first-order valence-corrected chi connectivity index (χ1v) is 11.5. The van der Waals surface area contributed by atoms with Gasteiger partial charge in [0.05, 0.1) is 36.7 Å². The summed E-state index contributed by atoms with van der Waals surface area (Å²) in [5, 5.41) is 4.88. The van der Waals surface area contributed by atoms with Crippen molar-refractivity contribution in [3.8, 4) is 23.3 Å². The molecule has 0 saturated carbocycles. The minimum absolute atomic E-state index is 0.0550. The van der Waals surface area contributed by atoms with E-state index >= 15 is 0 Å². The number of benzene rings is 1. The number of anilines is 1. The van der Waals surface area contributed by atoms with Gasteiger partial charge in [0.25, 0.3) is 0 Å². The summed E-state index contributed by atoms with van der Waals surface area (Å²) < 4.78 is 41.3. The molecule has 11 heteroatoms. The highest BCUT2D eigenvalue weighted by atomic mass is 19.1.